The van der Waals surface area contributed by atoms with Crippen LogP contribution in [-0.4, -0.2) is 28.0 Å². The highest BCUT2D eigenvalue weighted by molar-refractivity contribution is 7.92. The van der Waals surface area contributed by atoms with E-state index in [1.165, 1.54) is 35.8 Å². The van der Waals surface area contributed by atoms with E-state index in [0.29, 0.717) is 17.1 Å². The summed E-state index contributed by atoms with van der Waals surface area (Å²) in [4.78, 5) is 13.3. The third kappa shape index (κ3) is 3.99. The van der Waals surface area contributed by atoms with Gasteiger partial charge in [0.15, 0.2) is 0 Å². The lowest BCUT2D eigenvalue weighted by Gasteiger charge is -2.24. The van der Waals surface area contributed by atoms with Crippen LogP contribution in [0, 0.1) is 0 Å². The zero-order valence-electron chi connectivity index (χ0n) is 18.7. The molecule has 1 aliphatic carbocycles. The first-order valence-electron chi connectivity index (χ1n) is 11.0. The minimum atomic E-state index is -4.00. The van der Waals surface area contributed by atoms with E-state index in [1.807, 2.05) is 24.3 Å². The third-order valence-electron chi connectivity index (χ3n) is 6.11. The van der Waals surface area contributed by atoms with E-state index >= 15 is 0 Å². The number of amides is 1. The Morgan fingerprint density at radius 3 is 2.41 bits per heavy atom. The van der Waals surface area contributed by atoms with Crippen LogP contribution in [0.15, 0.2) is 89.8 Å². The molecule has 1 amide bonds. The van der Waals surface area contributed by atoms with Crippen molar-refractivity contribution in [2.45, 2.75) is 17.7 Å². The lowest BCUT2D eigenvalue weighted by Crippen LogP contribution is -2.38. The summed E-state index contributed by atoms with van der Waals surface area (Å²) >= 11 is 0. The summed E-state index contributed by atoms with van der Waals surface area (Å²) in [6.45, 7) is -0.382. The Bertz CT molecular complexity index is 1470. The van der Waals surface area contributed by atoms with E-state index in [9.17, 15) is 13.2 Å². The van der Waals surface area contributed by atoms with Crippen LogP contribution in [0.2, 0.25) is 0 Å². The number of hydrogen-bond donors (Lipinski definition) is 1. The Balaban J connectivity index is 1.50. The summed E-state index contributed by atoms with van der Waals surface area (Å²) in [6.07, 6.45) is 1.98. The minimum Gasteiger partial charge on any atom is -0.497 e. The molecule has 7 heteroatoms. The first kappa shape index (κ1) is 22.0. The summed E-state index contributed by atoms with van der Waals surface area (Å²) in [7, 11) is -2.48. The van der Waals surface area contributed by atoms with Crippen molar-refractivity contribution in [3.8, 4) is 5.75 Å². The molecule has 6 nitrogen and oxygen atoms in total. The molecule has 0 spiro atoms. The smallest absolute Gasteiger partial charge is 0.264 e. The Morgan fingerprint density at radius 1 is 0.912 bits per heavy atom. The van der Waals surface area contributed by atoms with Gasteiger partial charge in [-0.15, -0.1) is 0 Å². The fourth-order valence-electron chi connectivity index (χ4n) is 4.48. The van der Waals surface area contributed by atoms with Crippen LogP contribution in [0.25, 0.3) is 10.8 Å². The molecule has 0 aromatic heterocycles. The second kappa shape index (κ2) is 8.83. The number of ether oxygens (including phenoxy) is 1. The number of carbonyl (C=O) groups excluding carboxylic acids is 1. The van der Waals surface area contributed by atoms with Gasteiger partial charge in [-0.1, -0.05) is 48.5 Å². The monoisotopic (exact) mass is 472 g/mol. The molecule has 0 saturated heterocycles. The number of rotatable bonds is 7. The fraction of sp³-hybridized carbons (Fsp3) is 0.148. The van der Waals surface area contributed by atoms with Gasteiger partial charge < -0.3 is 10.1 Å². The molecular formula is C27H24N2O4S. The summed E-state index contributed by atoms with van der Waals surface area (Å²) < 4.78 is 33.5. The molecule has 1 N–H and O–H groups in total. The number of nitrogens with zero attached hydrogens (tertiary/aromatic N) is 1. The molecule has 0 unspecified atom stereocenters. The summed E-state index contributed by atoms with van der Waals surface area (Å²) in [5.74, 6) is 0.0692. The van der Waals surface area contributed by atoms with Crippen molar-refractivity contribution in [3.05, 3.63) is 96.1 Å². The van der Waals surface area contributed by atoms with Crippen molar-refractivity contribution in [2.24, 2.45) is 0 Å². The quantitative estimate of drug-likeness (QED) is 0.420. The predicted molar refractivity (Wildman–Crippen MR) is 134 cm³/mol. The zero-order valence-corrected chi connectivity index (χ0v) is 19.5. The summed E-state index contributed by atoms with van der Waals surface area (Å²) in [5, 5.41) is 5.10. The summed E-state index contributed by atoms with van der Waals surface area (Å²) in [5.41, 5.74) is 3.57. The van der Waals surface area contributed by atoms with Gasteiger partial charge >= 0.3 is 0 Å². The van der Waals surface area contributed by atoms with E-state index in [2.05, 4.69) is 11.4 Å². The Labute approximate surface area is 198 Å². The van der Waals surface area contributed by atoms with E-state index in [1.54, 1.807) is 42.5 Å². The molecule has 0 atom stereocenters. The molecular weight excluding hydrogens is 448 g/mol. The maximum atomic E-state index is 13.5. The number of sulfonamides is 1. The van der Waals surface area contributed by atoms with Crippen LogP contribution >= 0.6 is 0 Å². The van der Waals surface area contributed by atoms with Crippen LogP contribution in [0.1, 0.15) is 11.1 Å². The summed E-state index contributed by atoms with van der Waals surface area (Å²) in [6, 6.07) is 24.8. The van der Waals surface area contributed by atoms with Gasteiger partial charge in [0, 0.05) is 17.1 Å². The highest BCUT2D eigenvalue weighted by atomic mass is 32.2. The molecule has 1 aliphatic rings. The van der Waals surface area contributed by atoms with Crippen molar-refractivity contribution >= 4 is 38.1 Å². The van der Waals surface area contributed by atoms with E-state index in [-0.39, 0.29) is 11.4 Å². The van der Waals surface area contributed by atoms with E-state index in [0.717, 1.165) is 22.5 Å². The predicted octanol–water partition coefficient (Wildman–Crippen LogP) is 4.78. The molecule has 5 rings (SSSR count). The highest BCUT2D eigenvalue weighted by Gasteiger charge is 2.28. The molecule has 0 heterocycles. The van der Waals surface area contributed by atoms with Crippen molar-refractivity contribution in [3.63, 3.8) is 0 Å². The Kier molecular flexibility index (Phi) is 5.71. The Hall–Kier alpha value is -3.84. The number of nitrogens with one attached hydrogen (secondary N) is 1. The van der Waals surface area contributed by atoms with Crippen LogP contribution in [0.3, 0.4) is 0 Å². The number of carbonyl (C=O) groups is 1. The van der Waals surface area contributed by atoms with Gasteiger partial charge in [-0.3, -0.25) is 9.10 Å². The molecule has 0 radical (unpaired) electrons. The van der Waals surface area contributed by atoms with Gasteiger partial charge in [-0.25, -0.2) is 8.42 Å². The number of hydrogen-bond acceptors (Lipinski definition) is 4. The van der Waals surface area contributed by atoms with Crippen LogP contribution in [0.4, 0.5) is 11.4 Å². The largest absolute Gasteiger partial charge is 0.497 e. The number of methoxy groups -OCH3 is 1. The number of anilines is 2. The molecule has 34 heavy (non-hydrogen) atoms. The van der Waals surface area contributed by atoms with Crippen molar-refractivity contribution in [1.29, 1.82) is 0 Å². The maximum absolute atomic E-state index is 13.5. The number of aryl methyl sites for hydroxylation is 2. The van der Waals surface area contributed by atoms with Crippen LogP contribution in [-0.2, 0) is 27.7 Å². The van der Waals surface area contributed by atoms with Crippen molar-refractivity contribution < 1.29 is 17.9 Å². The minimum absolute atomic E-state index is 0.107. The van der Waals surface area contributed by atoms with Crippen LogP contribution in [0.5, 0.6) is 5.75 Å². The average molecular weight is 473 g/mol. The first-order valence-corrected chi connectivity index (χ1v) is 12.5. The van der Waals surface area contributed by atoms with Gasteiger partial charge in [0.2, 0.25) is 5.91 Å². The van der Waals surface area contributed by atoms with Gasteiger partial charge in [-0.05, 0) is 59.7 Å². The topological polar surface area (TPSA) is 75.7 Å². The molecule has 0 fully saturated rings. The van der Waals surface area contributed by atoms with E-state index < -0.39 is 15.9 Å². The molecule has 172 valence electrons. The van der Waals surface area contributed by atoms with Crippen molar-refractivity contribution in [1.82, 2.24) is 0 Å². The normalized spacial score (nSPS) is 12.5. The standard InChI is InChI=1S/C27H24N2O4S/c1-33-22-9-6-8-21(17-22)29(34(31,32)23-10-3-2-4-11-23)18-26(30)28-25-16-15-20-14-13-19-7-5-12-24(25)27(19)20/h2-12,15-17H,13-14,18H2,1H3,(H,28,30). The zero-order chi connectivity index (χ0) is 23.7. The first-order chi connectivity index (χ1) is 16.5. The third-order valence-corrected chi connectivity index (χ3v) is 7.90. The average Bonchev–Trinajstić information content (AvgIpc) is 3.29. The van der Waals surface area contributed by atoms with Gasteiger partial charge in [0.25, 0.3) is 10.0 Å². The lowest BCUT2D eigenvalue weighted by atomic mass is 10.0. The highest BCUT2D eigenvalue weighted by Crippen LogP contribution is 2.35. The van der Waals surface area contributed by atoms with E-state index in [4.69, 9.17) is 4.74 Å². The lowest BCUT2D eigenvalue weighted by molar-refractivity contribution is -0.114. The van der Waals surface area contributed by atoms with Gasteiger partial charge in [0.05, 0.1) is 17.7 Å². The van der Waals surface area contributed by atoms with Gasteiger partial charge in [-0.2, -0.15) is 0 Å². The fourth-order valence-corrected chi connectivity index (χ4v) is 5.91. The maximum Gasteiger partial charge on any atom is 0.264 e. The van der Waals surface area contributed by atoms with Crippen LogP contribution < -0.4 is 14.4 Å². The van der Waals surface area contributed by atoms with Gasteiger partial charge in [0.1, 0.15) is 12.3 Å². The Morgan fingerprint density at radius 2 is 1.65 bits per heavy atom. The number of benzene rings is 4. The molecule has 4 aromatic rings. The second-order valence-electron chi connectivity index (χ2n) is 8.19. The second-order valence-corrected chi connectivity index (χ2v) is 10.0. The molecule has 0 aliphatic heterocycles. The molecule has 0 saturated carbocycles. The SMILES string of the molecule is COc1cccc(N(CC(=O)Nc2ccc3c4c(cccc24)CC3)S(=O)(=O)c2ccccc2)c1. The molecule has 0 bridgehead atoms. The molecule has 4 aromatic carbocycles. The van der Waals surface area contributed by atoms with Crippen molar-refractivity contribution in [2.75, 3.05) is 23.3 Å².